The average molecular weight is 396 g/mol. The monoisotopic (exact) mass is 395 g/mol. The van der Waals surface area contributed by atoms with Crippen LogP contribution in [-0.4, -0.2) is 11.7 Å². The van der Waals surface area contributed by atoms with Gasteiger partial charge in [-0.2, -0.15) is 0 Å². The van der Waals surface area contributed by atoms with E-state index in [2.05, 4.69) is 44.3 Å². The minimum atomic E-state index is 0.0434. The van der Waals surface area contributed by atoms with Crippen molar-refractivity contribution in [2.24, 2.45) is 0 Å². The predicted octanol–water partition coefficient (Wildman–Crippen LogP) is 6.11. The van der Waals surface area contributed by atoms with Gasteiger partial charge >= 0.3 is 0 Å². The Hall–Kier alpha value is -1.16. The van der Waals surface area contributed by atoms with Gasteiger partial charge in [0, 0.05) is 15.8 Å². The van der Waals surface area contributed by atoms with Gasteiger partial charge in [-0.15, -0.1) is 11.8 Å². The highest BCUT2D eigenvalue weighted by atomic mass is 35.5. The van der Waals surface area contributed by atoms with Gasteiger partial charge in [-0.25, -0.2) is 0 Å². The minimum absolute atomic E-state index is 0.0434. The van der Waals surface area contributed by atoms with Crippen molar-refractivity contribution in [3.8, 4) is 0 Å². The fourth-order valence-electron chi connectivity index (χ4n) is 2.74. The van der Waals surface area contributed by atoms with Gasteiger partial charge in [0.25, 0.3) is 0 Å². The van der Waals surface area contributed by atoms with Crippen LogP contribution in [0.3, 0.4) is 0 Å². The van der Waals surface area contributed by atoms with E-state index < -0.39 is 0 Å². The molecule has 2 aromatic rings. The molecule has 2 rings (SSSR count). The second-order valence-electron chi connectivity index (χ2n) is 6.12. The van der Waals surface area contributed by atoms with Crippen LogP contribution in [-0.2, 0) is 10.5 Å². The van der Waals surface area contributed by atoms with Crippen molar-refractivity contribution >= 4 is 40.9 Å². The summed E-state index contributed by atoms with van der Waals surface area (Å²) >= 11 is 13.6. The third-order valence-corrected chi connectivity index (χ3v) is 5.62. The smallest absolute Gasteiger partial charge is 0.230 e. The number of benzene rings is 2. The van der Waals surface area contributed by atoms with E-state index in [0.717, 1.165) is 12.0 Å². The molecule has 1 atom stereocenters. The molecule has 2 nitrogen and oxygen atoms in total. The minimum Gasteiger partial charge on any atom is -0.349 e. The molecule has 0 aliphatic heterocycles. The molecule has 0 heterocycles. The zero-order valence-corrected chi connectivity index (χ0v) is 17.1. The summed E-state index contributed by atoms with van der Waals surface area (Å²) in [5.74, 6) is 1.13. The van der Waals surface area contributed by atoms with Gasteiger partial charge in [0.05, 0.1) is 11.8 Å². The Kier molecular flexibility index (Phi) is 7.67. The molecular formula is C20H23Cl2NOS. The molecule has 0 radical (unpaired) electrons. The maximum atomic E-state index is 12.3. The van der Waals surface area contributed by atoms with Gasteiger partial charge in [0.1, 0.15) is 0 Å². The second-order valence-corrected chi connectivity index (χ2v) is 7.95. The number of amides is 1. The van der Waals surface area contributed by atoms with Crippen LogP contribution in [0.2, 0.25) is 10.0 Å². The third-order valence-electron chi connectivity index (χ3n) is 4.05. The molecule has 0 saturated carbocycles. The van der Waals surface area contributed by atoms with E-state index in [-0.39, 0.29) is 11.9 Å². The van der Waals surface area contributed by atoms with Gasteiger partial charge in [-0.3, -0.25) is 4.79 Å². The zero-order chi connectivity index (χ0) is 18.4. The molecule has 0 bridgehead atoms. The lowest BCUT2D eigenvalue weighted by Gasteiger charge is -2.20. The molecule has 1 amide bonds. The van der Waals surface area contributed by atoms with E-state index in [1.54, 1.807) is 17.8 Å². The van der Waals surface area contributed by atoms with Crippen molar-refractivity contribution in [1.82, 2.24) is 5.32 Å². The van der Waals surface area contributed by atoms with Crippen LogP contribution < -0.4 is 5.32 Å². The maximum Gasteiger partial charge on any atom is 0.230 e. The van der Waals surface area contributed by atoms with Crippen LogP contribution in [0.25, 0.3) is 0 Å². The molecule has 134 valence electrons. The van der Waals surface area contributed by atoms with Gasteiger partial charge in [0.15, 0.2) is 0 Å². The quantitative estimate of drug-likeness (QED) is 0.612. The molecule has 0 fully saturated rings. The fraction of sp³-hybridized carbons (Fsp3) is 0.350. The molecule has 0 aliphatic rings. The summed E-state index contributed by atoms with van der Waals surface area (Å²) in [7, 11) is 0. The molecule has 0 unspecified atom stereocenters. The summed E-state index contributed by atoms with van der Waals surface area (Å²) in [4.78, 5) is 12.3. The molecule has 0 aromatic heterocycles. The number of carbonyl (C=O) groups excluding carboxylic acids is 1. The number of rotatable bonds is 7. The van der Waals surface area contributed by atoms with Crippen molar-refractivity contribution in [1.29, 1.82) is 0 Å². The number of hydrogen-bond donors (Lipinski definition) is 1. The lowest BCUT2D eigenvalue weighted by Crippen LogP contribution is -2.30. The summed E-state index contributed by atoms with van der Waals surface area (Å²) in [5, 5.41) is 4.40. The van der Waals surface area contributed by atoms with E-state index in [4.69, 9.17) is 23.2 Å². The highest BCUT2D eigenvalue weighted by Crippen LogP contribution is 2.25. The molecule has 0 aliphatic carbocycles. The van der Waals surface area contributed by atoms with Gasteiger partial charge < -0.3 is 5.32 Å². The topological polar surface area (TPSA) is 29.1 Å². The molecular weight excluding hydrogens is 373 g/mol. The lowest BCUT2D eigenvalue weighted by molar-refractivity contribution is -0.119. The normalized spacial score (nSPS) is 12.0. The van der Waals surface area contributed by atoms with Crippen molar-refractivity contribution in [3.63, 3.8) is 0 Å². The Balaban J connectivity index is 1.89. The summed E-state index contributed by atoms with van der Waals surface area (Å²) < 4.78 is 0. The highest BCUT2D eigenvalue weighted by molar-refractivity contribution is 7.99. The molecule has 2 aromatic carbocycles. The average Bonchev–Trinajstić information content (AvgIpc) is 2.55. The Morgan fingerprint density at radius 1 is 1.16 bits per heavy atom. The molecule has 5 heteroatoms. The Labute approximate surface area is 164 Å². The zero-order valence-electron chi connectivity index (χ0n) is 14.7. The number of halogens is 2. The number of thioether (sulfide) groups is 1. The van der Waals surface area contributed by atoms with Crippen LogP contribution in [0, 0.1) is 13.8 Å². The first-order valence-electron chi connectivity index (χ1n) is 8.29. The molecule has 25 heavy (non-hydrogen) atoms. The summed E-state index contributed by atoms with van der Waals surface area (Å²) in [6.07, 6.45) is 0.864. The molecule has 0 saturated heterocycles. The Morgan fingerprint density at radius 2 is 1.92 bits per heavy atom. The molecule has 1 N–H and O–H groups in total. The Bertz CT molecular complexity index is 748. The van der Waals surface area contributed by atoms with E-state index in [9.17, 15) is 4.79 Å². The Morgan fingerprint density at radius 3 is 2.56 bits per heavy atom. The van der Waals surface area contributed by atoms with Crippen LogP contribution in [0.5, 0.6) is 0 Å². The van der Waals surface area contributed by atoms with Crippen molar-refractivity contribution in [2.75, 3.05) is 5.75 Å². The van der Waals surface area contributed by atoms with Crippen LogP contribution in [0.1, 0.15) is 41.6 Å². The number of aryl methyl sites for hydroxylation is 2. The van der Waals surface area contributed by atoms with E-state index in [1.165, 1.54) is 16.7 Å². The third kappa shape index (κ3) is 5.95. The summed E-state index contributed by atoms with van der Waals surface area (Å²) in [6, 6.07) is 11.9. The van der Waals surface area contributed by atoms with Gasteiger partial charge in [-0.05, 0) is 49.1 Å². The SMILES string of the molecule is CC[C@H](NC(=O)CSCc1ccc(Cl)cc1Cl)c1ccc(C)cc1C. The fourth-order valence-corrected chi connectivity index (χ4v) is 4.14. The van der Waals surface area contributed by atoms with Crippen LogP contribution in [0.4, 0.5) is 0 Å². The van der Waals surface area contributed by atoms with Crippen molar-refractivity contribution in [2.45, 2.75) is 39.0 Å². The van der Waals surface area contributed by atoms with Crippen molar-refractivity contribution in [3.05, 3.63) is 68.7 Å². The maximum absolute atomic E-state index is 12.3. The first-order chi connectivity index (χ1) is 11.9. The summed E-state index contributed by atoms with van der Waals surface area (Å²) in [6.45, 7) is 6.26. The highest BCUT2D eigenvalue weighted by Gasteiger charge is 2.15. The largest absolute Gasteiger partial charge is 0.349 e. The lowest BCUT2D eigenvalue weighted by atomic mass is 9.97. The van der Waals surface area contributed by atoms with Gasteiger partial charge in [-0.1, -0.05) is 60.0 Å². The molecule has 0 spiro atoms. The van der Waals surface area contributed by atoms with E-state index in [0.29, 0.717) is 21.6 Å². The van der Waals surface area contributed by atoms with Crippen LogP contribution in [0.15, 0.2) is 36.4 Å². The summed E-state index contributed by atoms with van der Waals surface area (Å²) in [5.41, 5.74) is 4.63. The first-order valence-corrected chi connectivity index (χ1v) is 10.2. The van der Waals surface area contributed by atoms with Gasteiger partial charge in [0.2, 0.25) is 5.91 Å². The number of hydrogen-bond acceptors (Lipinski definition) is 2. The number of nitrogens with one attached hydrogen (secondary N) is 1. The standard InChI is InChI=1S/C20H23Cl2NOS/c1-4-19(17-8-5-13(2)9-14(17)3)23-20(24)12-25-11-15-6-7-16(21)10-18(15)22/h5-10,19H,4,11-12H2,1-3H3,(H,23,24)/t19-/m0/s1. The van der Waals surface area contributed by atoms with E-state index >= 15 is 0 Å². The number of carbonyl (C=O) groups is 1. The van der Waals surface area contributed by atoms with E-state index in [1.807, 2.05) is 12.1 Å². The first kappa shape index (κ1) is 20.2. The predicted molar refractivity (Wildman–Crippen MR) is 110 cm³/mol. The second kappa shape index (κ2) is 9.51. The van der Waals surface area contributed by atoms with Crippen LogP contribution >= 0.6 is 35.0 Å². The van der Waals surface area contributed by atoms with Crippen molar-refractivity contribution < 1.29 is 4.79 Å².